The van der Waals surface area contributed by atoms with Gasteiger partial charge in [0.1, 0.15) is 0 Å². The highest BCUT2D eigenvalue weighted by atomic mass is 35.5. The Morgan fingerprint density at radius 1 is 1.21 bits per heavy atom. The van der Waals surface area contributed by atoms with Crippen LogP contribution in [0.4, 0.5) is 0 Å². The average molecular weight is 298 g/mol. The number of fused-ring (bicyclic) bond motifs is 1. The molecular formula is C14H16ClNO2S. The fourth-order valence-electron chi connectivity index (χ4n) is 2.82. The summed E-state index contributed by atoms with van der Waals surface area (Å²) in [6.07, 6.45) is 6.97. The zero-order valence-corrected chi connectivity index (χ0v) is 12.0. The Bertz CT molecular complexity index is 616. The third kappa shape index (κ3) is 2.57. The van der Waals surface area contributed by atoms with Crippen molar-refractivity contribution in [1.82, 2.24) is 5.32 Å². The van der Waals surface area contributed by atoms with Gasteiger partial charge in [-0.15, -0.1) is 0 Å². The summed E-state index contributed by atoms with van der Waals surface area (Å²) in [5, 5.41) is 4.14. The lowest BCUT2D eigenvalue weighted by atomic mass is 10.0. The minimum atomic E-state index is -3.14. The normalized spacial score (nSPS) is 25.4. The van der Waals surface area contributed by atoms with Crippen molar-refractivity contribution < 1.29 is 8.42 Å². The van der Waals surface area contributed by atoms with Crippen molar-refractivity contribution in [1.29, 1.82) is 0 Å². The molecule has 1 aliphatic carbocycles. The fraction of sp³-hybridized carbons (Fsp3) is 0.429. The first kappa shape index (κ1) is 13.2. The van der Waals surface area contributed by atoms with Gasteiger partial charge in [0, 0.05) is 17.1 Å². The highest BCUT2D eigenvalue weighted by molar-refractivity contribution is 7.91. The SMILES string of the molecule is O=S1(=O)CCC(NC2CC=CC2)c2cc(Cl)ccc21. The van der Waals surface area contributed by atoms with Crippen molar-refractivity contribution in [2.24, 2.45) is 0 Å². The molecule has 19 heavy (non-hydrogen) atoms. The van der Waals surface area contributed by atoms with Gasteiger partial charge in [-0.1, -0.05) is 23.8 Å². The van der Waals surface area contributed by atoms with E-state index < -0.39 is 9.84 Å². The van der Waals surface area contributed by atoms with Crippen LogP contribution in [0.1, 0.15) is 30.9 Å². The van der Waals surface area contributed by atoms with Crippen molar-refractivity contribution in [3.63, 3.8) is 0 Å². The van der Waals surface area contributed by atoms with E-state index in [-0.39, 0.29) is 11.8 Å². The quantitative estimate of drug-likeness (QED) is 0.854. The van der Waals surface area contributed by atoms with Crippen molar-refractivity contribution in [2.75, 3.05) is 5.75 Å². The van der Waals surface area contributed by atoms with E-state index in [4.69, 9.17) is 11.6 Å². The summed E-state index contributed by atoms with van der Waals surface area (Å²) >= 11 is 6.02. The Morgan fingerprint density at radius 3 is 2.68 bits per heavy atom. The molecule has 0 amide bonds. The number of benzene rings is 1. The van der Waals surface area contributed by atoms with Crippen LogP contribution in [-0.4, -0.2) is 20.2 Å². The molecule has 2 aliphatic rings. The molecule has 1 N–H and O–H groups in total. The molecule has 1 aromatic rings. The molecule has 102 valence electrons. The molecule has 0 spiro atoms. The van der Waals surface area contributed by atoms with E-state index in [0.29, 0.717) is 22.4 Å². The van der Waals surface area contributed by atoms with Gasteiger partial charge < -0.3 is 5.32 Å². The van der Waals surface area contributed by atoms with Crippen LogP contribution >= 0.6 is 11.6 Å². The van der Waals surface area contributed by atoms with Gasteiger partial charge >= 0.3 is 0 Å². The van der Waals surface area contributed by atoms with E-state index in [9.17, 15) is 8.42 Å². The van der Waals surface area contributed by atoms with Crippen LogP contribution in [0.3, 0.4) is 0 Å². The van der Waals surface area contributed by atoms with Crippen LogP contribution in [0.5, 0.6) is 0 Å². The zero-order valence-electron chi connectivity index (χ0n) is 10.5. The summed E-state index contributed by atoms with van der Waals surface area (Å²) < 4.78 is 24.2. The van der Waals surface area contributed by atoms with Gasteiger partial charge in [-0.05, 0) is 43.0 Å². The van der Waals surface area contributed by atoms with Crippen LogP contribution in [0, 0.1) is 0 Å². The standard InChI is InChI=1S/C14H16ClNO2S/c15-10-5-6-14-12(9-10)13(7-8-19(14,17)18)16-11-3-1-2-4-11/h1-2,5-6,9,11,13,16H,3-4,7-8H2. The second-order valence-electron chi connectivity index (χ2n) is 5.15. The lowest BCUT2D eigenvalue weighted by molar-refractivity contribution is 0.426. The first-order valence-electron chi connectivity index (χ1n) is 6.49. The summed E-state index contributed by atoms with van der Waals surface area (Å²) in [6, 6.07) is 5.57. The number of hydrogen-bond acceptors (Lipinski definition) is 3. The van der Waals surface area contributed by atoms with Gasteiger partial charge in [0.25, 0.3) is 0 Å². The topological polar surface area (TPSA) is 46.2 Å². The van der Waals surface area contributed by atoms with Crippen LogP contribution in [-0.2, 0) is 9.84 Å². The van der Waals surface area contributed by atoms with Gasteiger partial charge in [0.15, 0.2) is 9.84 Å². The molecule has 0 aromatic heterocycles. The molecule has 0 fully saturated rings. The molecular weight excluding hydrogens is 282 g/mol. The van der Waals surface area contributed by atoms with Crippen molar-refractivity contribution in [3.8, 4) is 0 Å². The molecule has 0 bridgehead atoms. The van der Waals surface area contributed by atoms with Gasteiger partial charge in [-0.2, -0.15) is 0 Å². The first-order chi connectivity index (χ1) is 9.06. The lowest BCUT2D eigenvalue weighted by Gasteiger charge is -2.29. The minimum Gasteiger partial charge on any atom is -0.306 e. The Hall–Kier alpha value is -0.840. The van der Waals surface area contributed by atoms with E-state index >= 15 is 0 Å². The Morgan fingerprint density at radius 2 is 1.95 bits per heavy atom. The molecule has 1 unspecified atom stereocenters. The molecule has 0 saturated heterocycles. The maximum absolute atomic E-state index is 12.1. The van der Waals surface area contributed by atoms with Gasteiger partial charge in [0.05, 0.1) is 10.6 Å². The Balaban J connectivity index is 1.94. The first-order valence-corrected chi connectivity index (χ1v) is 8.52. The lowest BCUT2D eigenvalue weighted by Crippen LogP contribution is -2.35. The monoisotopic (exact) mass is 297 g/mol. The van der Waals surface area contributed by atoms with Crippen LogP contribution in [0.15, 0.2) is 35.2 Å². The highest BCUT2D eigenvalue weighted by Crippen LogP contribution is 2.34. The van der Waals surface area contributed by atoms with Crippen molar-refractivity contribution >= 4 is 21.4 Å². The summed E-state index contributed by atoms with van der Waals surface area (Å²) in [5.74, 6) is 0.208. The van der Waals surface area contributed by atoms with E-state index in [1.54, 1.807) is 18.2 Å². The minimum absolute atomic E-state index is 0.0853. The molecule has 3 rings (SSSR count). The van der Waals surface area contributed by atoms with Gasteiger partial charge in [-0.3, -0.25) is 0 Å². The van der Waals surface area contributed by atoms with Gasteiger partial charge in [-0.25, -0.2) is 8.42 Å². The van der Waals surface area contributed by atoms with Crippen molar-refractivity contribution in [2.45, 2.75) is 36.2 Å². The largest absolute Gasteiger partial charge is 0.306 e. The number of sulfone groups is 1. The second-order valence-corrected chi connectivity index (χ2v) is 7.66. The molecule has 1 aliphatic heterocycles. The summed E-state index contributed by atoms with van der Waals surface area (Å²) in [6.45, 7) is 0. The summed E-state index contributed by atoms with van der Waals surface area (Å²) in [5.41, 5.74) is 0.825. The number of halogens is 1. The Kier molecular flexibility index (Phi) is 3.41. The van der Waals surface area contributed by atoms with E-state index in [1.165, 1.54) is 0 Å². The maximum atomic E-state index is 12.1. The number of nitrogens with one attached hydrogen (secondary N) is 1. The Labute approximate surface area is 118 Å². The molecule has 3 nitrogen and oxygen atoms in total. The van der Waals surface area contributed by atoms with Crippen molar-refractivity contribution in [3.05, 3.63) is 40.9 Å². The van der Waals surface area contributed by atoms with Crippen LogP contribution in [0.2, 0.25) is 5.02 Å². The molecule has 1 aromatic carbocycles. The highest BCUT2D eigenvalue weighted by Gasteiger charge is 2.31. The van der Waals surface area contributed by atoms with E-state index in [0.717, 1.165) is 18.4 Å². The molecule has 1 heterocycles. The van der Waals surface area contributed by atoms with Crippen LogP contribution in [0.25, 0.3) is 0 Å². The number of hydrogen-bond donors (Lipinski definition) is 1. The third-order valence-corrected chi connectivity index (χ3v) is 5.85. The molecule has 0 radical (unpaired) electrons. The molecule has 1 atom stereocenters. The summed E-state index contributed by atoms with van der Waals surface area (Å²) in [4.78, 5) is 0.437. The maximum Gasteiger partial charge on any atom is 0.178 e. The number of rotatable bonds is 2. The van der Waals surface area contributed by atoms with Crippen LogP contribution < -0.4 is 5.32 Å². The van der Waals surface area contributed by atoms with E-state index in [1.807, 2.05) is 0 Å². The summed E-state index contributed by atoms with van der Waals surface area (Å²) in [7, 11) is -3.14. The predicted octanol–water partition coefficient (Wildman–Crippen LogP) is 2.87. The zero-order chi connectivity index (χ0) is 13.5. The third-order valence-electron chi connectivity index (χ3n) is 3.80. The second kappa shape index (κ2) is 4.93. The van der Waals surface area contributed by atoms with E-state index in [2.05, 4.69) is 17.5 Å². The predicted molar refractivity (Wildman–Crippen MR) is 76.2 cm³/mol. The fourth-order valence-corrected chi connectivity index (χ4v) is 4.61. The smallest absolute Gasteiger partial charge is 0.178 e. The van der Waals surface area contributed by atoms with Gasteiger partial charge in [0.2, 0.25) is 0 Å². The average Bonchev–Trinajstić information content (AvgIpc) is 2.85. The molecule has 0 saturated carbocycles. The molecule has 5 heteroatoms.